The number of rotatable bonds is 3. The van der Waals surface area contributed by atoms with Gasteiger partial charge in [0.2, 0.25) is 0 Å². The molecular formula is C21H21NOS. The Hall–Kier alpha value is -2.00. The minimum Gasteiger partial charge on any atom is -0.335 e. The molecule has 24 heavy (non-hydrogen) atoms. The van der Waals surface area contributed by atoms with Gasteiger partial charge in [0.1, 0.15) is 0 Å². The highest BCUT2D eigenvalue weighted by molar-refractivity contribution is 7.98. The number of fused-ring (bicyclic) bond motifs is 1. The quantitative estimate of drug-likeness (QED) is 0.757. The maximum atomic E-state index is 13.2. The highest BCUT2D eigenvalue weighted by atomic mass is 32.2. The Morgan fingerprint density at radius 1 is 1.00 bits per heavy atom. The van der Waals surface area contributed by atoms with Gasteiger partial charge in [-0.1, -0.05) is 42.5 Å². The van der Waals surface area contributed by atoms with Gasteiger partial charge in [0, 0.05) is 17.5 Å². The van der Waals surface area contributed by atoms with Crippen LogP contribution in [0.15, 0.2) is 59.5 Å². The fraction of sp³-hybridized carbons (Fsp3) is 0.286. The van der Waals surface area contributed by atoms with E-state index in [1.54, 1.807) is 11.8 Å². The number of carbonyl (C=O) groups is 1. The van der Waals surface area contributed by atoms with Crippen LogP contribution in [0, 0.1) is 0 Å². The lowest BCUT2D eigenvalue weighted by molar-refractivity contribution is -0.126. The molecule has 2 aliphatic heterocycles. The molecule has 0 aliphatic carbocycles. The summed E-state index contributed by atoms with van der Waals surface area (Å²) in [5.74, 6) is 0.207. The Morgan fingerprint density at radius 3 is 2.46 bits per heavy atom. The SMILES string of the molecule is CSc1ccc(C2=C(c3ccccc3)C(=O)N3CCCC3C2)cc1. The Balaban J connectivity index is 1.86. The van der Waals surface area contributed by atoms with Crippen molar-refractivity contribution in [1.82, 2.24) is 4.90 Å². The van der Waals surface area contributed by atoms with Gasteiger partial charge in [-0.3, -0.25) is 4.79 Å². The van der Waals surface area contributed by atoms with E-state index in [0.717, 1.165) is 36.9 Å². The van der Waals surface area contributed by atoms with Gasteiger partial charge >= 0.3 is 0 Å². The molecule has 2 aliphatic rings. The molecule has 2 aromatic rings. The summed E-state index contributed by atoms with van der Waals surface area (Å²) in [4.78, 5) is 16.5. The smallest absolute Gasteiger partial charge is 0.255 e. The molecule has 2 aromatic carbocycles. The van der Waals surface area contributed by atoms with Gasteiger partial charge in [-0.15, -0.1) is 11.8 Å². The van der Waals surface area contributed by atoms with E-state index in [-0.39, 0.29) is 5.91 Å². The molecule has 1 saturated heterocycles. The molecule has 122 valence electrons. The van der Waals surface area contributed by atoms with E-state index < -0.39 is 0 Å². The van der Waals surface area contributed by atoms with Crippen molar-refractivity contribution < 1.29 is 4.79 Å². The van der Waals surface area contributed by atoms with E-state index >= 15 is 0 Å². The van der Waals surface area contributed by atoms with Crippen molar-refractivity contribution >= 4 is 28.8 Å². The van der Waals surface area contributed by atoms with Crippen LogP contribution in [-0.4, -0.2) is 29.6 Å². The monoisotopic (exact) mass is 335 g/mol. The molecule has 1 unspecified atom stereocenters. The van der Waals surface area contributed by atoms with Gasteiger partial charge in [-0.25, -0.2) is 0 Å². The molecule has 0 spiro atoms. The van der Waals surface area contributed by atoms with E-state index in [9.17, 15) is 4.79 Å². The van der Waals surface area contributed by atoms with E-state index in [1.165, 1.54) is 16.0 Å². The summed E-state index contributed by atoms with van der Waals surface area (Å²) in [5.41, 5.74) is 4.33. The van der Waals surface area contributed by atoms with E-state index in [4.69, 9.17) is 0 Å². The Kier molecular flexibility index (Phi) is 4.19. The maximum Gasteiger partial charge on any atom is 0.255 e. The van der Waals surface area contributed by atoms with Crippen LogP contribution in [0.25, 0.3) is 11.1 Å². The van der Waals surface area contributed by atoms with E-state index in [1.807, 2.05) is 18.2 Å². The summed E-state index contributed by atoms with van der Waals surface area (Å²) >= 11 is 1.75. The molecule has 1 fully saturated rings. The molecule has 0 N–H and O–H groups in total. The molecule has 0 saturated carbocycles. The van der Waals surface area contributed by atoms with Gasteiger partial charge in [0.05, 0.1) is 5.57 Å². The average molecular weight is 335 g/mol. The summed E-state index contributed by atoms with van der Waals surface area (Å²) in [6, 6.07) is 19.2. The van der Waals surface area contributed by atoms with E-state index in [2.05, 4.69) is 47.6 Å². The van der Waals surface area contributed by atoms with Crippen LogP contribution in [0.2, 0.25) is 0 Å². The molecular weight excluding hydrogens is 314 g/mol. The van der Waals surface area contributed by atoms with Crippen molar-refractivity contribution in [3.63, 3.8) is 0 Å². The minimum atomic E-state index is 0.207. The number of carbonyl (C=O) groups excluding carboxylic acids is 1. The summed E-state index contributed by atoms with van der Waals surface area (Å²) in [7, 11) is 0. The normalized spacial score (nSPS) is 20.5. The van der Waals surface area contributed by atoms with Crippen molar-refractivity contribution in [2.75, 3.05) is 12.8 Å². The van der Waals surface area contributed by atoms with Crippen LogP contribution in [0.4, 0.5) is 0 Å². The molecule has 1 atom stereocenters. The first-order valence-corrected chi connectivity index (χ1v) is 9.74. The topological polar surface area (TPSA) is 20.3 Å². The lowest BCUT2D eigenvalue weighted by Crippen LogP contribution is -2.39. The number of benzene rings is 2. The Labute approximate surface area is 147 Å². The predicted octanol–water partition coefficient (Wildman–Crippen LogP) is 4.71. The lowest BCUT2D eigenvalue weighted by atomic mass is 9.86. The molecule has 2 nitrogen and oxygen atoms in total. The number of nitrogens with zero attached hydrogens (tertiary/aromatic N) is 1. The molecule has 0 bridgehead atoms. The third kappa shape index (κ3) is 2.67. The second kappa shape index (κ2) is 6.48. The first-order valence-electron chi connectivity index (χ1n) is 8.52. The molecule has 4 rings (SSSR count). The zero-order valence-electron chi connectivity index (χ0n) is 13.9. The van der Waals surface area contributed by atoms with Crippen molar-refractivity contribution in [1.29, 1.82) is 0 Å². The number of amides is 1. The fourth-order valence-corrected chi connectivity index (χ4v) is 4.29. The van der Waals surface area contributed by atoms with Crippen molar-refractivity contribution in [2.24, 2.45) is 0 Å². The first-order chi connectivity index (χ1) is 11.8. The van der Waals surface area contributed by atoms with Crippen LogP contribution in [0.5, 0.6) is 0 Å². The zero-order valence-corrected chi connectivity index (χ0v) is 14.7. The van der Waals surface area contributed by atoms with E-state index in [0.29, 0.717) is 6.04 Å². The van der Waals surface area contributed by atoms with Crippen LogP contribution in [0.3, 0.4) is 0 Å². The number of hydrogen-bond donors (Lipinski definition) is 0. The van der Waals surface area contributed by atoms with Crippen molar-refractivity contribution in [2.45, 2.75) is 30.2 Å². The fourth-order valence-electron chi connectivity index (χ4n) is 3.88. The van der Waals surface area contributed by atoms with Crippen LogP contribution in [0.1, 0.15) is 30.4 Å². The molecule has 1 amide bonds. The molecule has 0 radical (unpaired) electrons. The van der Waals surface area contributed by atoms with Gasteiger partial charge in [-0.2, -0.15) is 0 Å². The second-order valence-electron chi connectivity index (χ2n) is 6.45. The second-order valence-corrected chi connectivity index (χ2v) is 7.33. The predicted molar refractivity (Wildman–Crippen MR) is 101 cm³/mol. The average Bonchev–Trinajstić information content (AvgIpc) is 3.11. The highest BCUT2D eigenvalue weighted by Gasteiger charge is 2.37. The Morgan fingerprint density at radius 2 is 1.75 bits per heavy atom. The summed E-state index contributed by atoms with van der Waals surface area (Å²) < 4.78 is 0. The van der Waals surface area contributed by atoms with Gasteiger partial charge in [0.25, 0.3) is 5.91 Å². The largest absolute Gasteiger partial charge is 0.335 e. The summed E-state index contributed by atoms with van der Waals surface area (Å²) in [6.45, 7) is 0.901. The number of thioether (sulfide) groups is 1. The van der Waals surface area contributed by atoms with Gasteiger partial charge in [-0.05, 0) is 54.4 Å². The van der Waals surface area contributed by atoms with Crippen LogP contribution in [-0.2, 0) is 4.79 Å². The van der Waals surface area contributed by atoms with Gasteiger partial charge in [0.15, 0.2) is 0 Å². The standard InChI is InChI=1S/C21H21NOS/c1-24-18-11-9-15(10-12-18)19-14-17-8-5-13-22(17)21(23)20(19)16-6-3-2-4-7-16/h2-4,6-7,9-12,17H,5,8,13-14H2,1H3. The third-order valence-corrected chi connectivity index (χ3v) is 5.84. The van der Waals surface area contributed by atoms with Crippen molar-refractivity contribution in [3.05, 3.63) is 65.7 Å². The summed E-state index contributed by atoms with van der Waals surface area (Å²) in [6.07, 6.45) is 5.30. The van der Waals surface area contributed by atoms with Gasteiger partial charge < -0.3 is 4.90 Å². The van der Waals surface area contributed by atoms with Crippen LogP contribution >= 0.6 is 11.8 Å². The maximum absolute atomic E-state index is 13.2. The third-order valence-electron chi connectivity index (χ3n) is 5.09. The minimum absolute atomic E-state index is 0.207. The Bertz CT molecular complexity index is 779. The van der Waals surface area contributed by atoms with Crippen molar-refractivity contribution in [3.8, 4) is 0 Å². The lowest BCUT2D eigenvalue weighted by Gasteiger charge is -2.33. The molecule has 3 heteroatoms. The highest BCUT2D eigenvalue weighted by Crippen LogP contribution is 2.40. The van der Waals surface area contributed by atoms with Crippen LogP contribution < -0.4 is 0 Å². The molecule has 0 aromatic heterocycles. The first kappa shape index (κ1) is 15.5. The molecule has 2 heterocycles. The zero-order chi connectivity index (χ0) is 16.5. The summed E-state index contributed by atoms with van der Waals surface area (Å²) in [5, 5.41) is 0. The number of hydrogen-bond acceptors (Lipinski definition) is 2.